The lowest BCUT2D eigenvalue weighted by atomic mass is 10.1. The van der Waals surface area contributed by atoms with Crippen LogP contribution in [0, 0.1) is 0 Å². The van der Waals surface area contributed by atoms with Gasteiger partial charge in [0.25, 0.3) is 0 Å². The van der Waals surface area contributed by atoms with Gasteiger partial charge in [0.15, 0.2) is 0 Å². The number of carbonyl (C=O) groups is 1. The van der Waals surface area contributed by atoms with Crippen molar-refractivity contribution in [1.29, 1.82) is 0 Å². The van der Waals surface area contributed by atoms with Gasteiger partial charge in [-0.2, -0.15) is 21.6 Å². The van der Waals surface area contributed by atoms with Crippen LogP contribution in [0.1, 0.15) is 42.9 Å². The Morgan fingerprint density at radius 1 is 1.14 bits per heavy atom. The molecule has 1 amide bonds. The Labute approximate surface area is 210 Å². The maximum atomic E-state index is 13.1. The van der Waals surface area contributed by atoms with E-state index in [1.165, 1.54) is 35.6 Å². The highest BCUT2D eigenvalue weighted by Crippen LogP contribution is 2.33. The summed E-state index contributed by atoms with van der Waals surface area (Å²) < 4.78 is 77.6. The molecule has 1 heterocycles. The molecule has 13 heteroatoms. The molecule has 0 saturated carbocycles. The minimum atomic E-state index is -4.49. The summed E-state index contributed by atoms with van der Waals surface area (Å²) in [5, 5.41) is 4.79. The van der Waals surface area contributed by atoms with Crippen LogP contribution in [0.15, 0.2) is 53.9 Å². The van der Waals surface area contributed by atoms with Gasteiger partial charge in [-0.15, -0.1) is 11.3 Å². The van der Waals surface area contributed by atoms with Crippen molar-refractivity contribution in [2.75, 3.05) is 4.72 Å². The van der Waals surface area contributed by atoms with E-state index in [4.69, 9.17) is 9.29 Å². The van der Waals surface area contributed by atoms with E-state index in [1.54, 1.807) is 38.3 Å². The molecule has 8 nitrogen and oxygen atoms in total. The Morgan fingerprint density at radius 3 is 2.39 bits per heavy atom. The van der Waals surface area contributed by atoms with Gasteiger partial charge in [-0.3, -0.25) is 9.27 Å². The molecule has 0 aliphatic carbocycles. The fourth-order valence-electron chi connectivity index (χ4n) is 3.18. The highest BCUT2D eigenvalue weighted by atomic mass is 32.2. The summed E-state index contributed by atoms with van der Waals surface area (Å²) in [5.74, 6) is 0. The largest absolute Gasteiger partial charge is 0.444 e. The Hall–Kier alpha value is -3.16. The first-order valence-corrected chi connectivity index (χ1v) is 12.9. The monoisotopic (exact) mass is 543 g/mol. The number of hydrogen-bond donors (Lipinski definition) is 3. The van der Waals surface area contributed by atoms with Gasteiger partial charge < -0.3 is 10.1 Å². The highest BCUT2D eigenvalue weighted by Gasteiger charge is 2.31. The van der Waals surface area contributed by atoms with Gasteiger partial charge in [-0.1, -0.05) is 24.3 Å². The highest BCUT2D eigenvalue weighted by molar-refractivity contribution is 7.87. The number of carbonyl (C=O) groups excluding carboxylic acids is 1. The standard InChI is InChI=1S/C23H24F3N3O5S2/c1-22(2,3)34-21(30)28-18(11-14-7-9-17(10-8-14)29-36(31,32)33)20-27-19(13-35-20)15-5-4-6-16(12-15)23(24,25)26/h4-10,12-13,18,29H,11H2,1-3H3,(H,28,30)(H,31,32,33). The van der Waals surface area contributed by atoms with E-state index in [-0.39, 0.29) is 17.7 Å². The number of nitrogens with zero attached hydrogens (tertiary/aromatic N) is 1. The van der Waals surface area contributed by atoms with Crippen molar-refractivity contribution in [3.8, 4) is 11.3 Å². The number of anilines is 1. The number of benzene rings is 2. The van der Waals surface area contributed by atoms with Crippen molar-refractivity contribution >= 4 is 33.4 Å². The second kappa shape index (κ2) is 10.4. The number of hydrogen-bond acceptors (Lipinski definition) is 6. The van der Waals surface area contributed by atoms with Crippen molar-refractivity contribution in [2.45, 2.75) is 45.0 Å². The third-order valence-electron chi connectivity index (χ3n) is 4.64. The van der Waals surface area contributed by atoms with E-state index >= 15 is 0 Å². The predicted octanol–water partition coefficient (Wildman–Crippen LogP) is 5.85. The van der Waals surface area contributed by atoms with Crippen molar-refractivity contribution in [1.82, 2.24) is 10.3 Å². The summed E-state index contributed by atoms with van der Waals surface area (Å²) in [6.07, 6.45) is -4.97. The van der Waals surface area contributed by atoms with Crippen LogP contribution in [0.2, 0.25) is 0 Å². The minimum absolute atomic E-state index is 0.138. The lowest BCUT2D eigenvalue weighted by Gasteiger charge is -2.23. The normalized spacial score (nSPS) is 13.2. The van der Waals surface area contributed by atoms with E-state index in [2.05, 4.69) is 10.3 Å². The van der Waals surface area contributed by atoms with Crippen LogP contribution < -0.4 is 10.0 Å². The second-order valence-corrected chi connectivity index (χ2v) is 10.9. The first-order chi connectivity index (χ1) is 16.6. The molecule has 1 unspecified atom stereocenters. The Bertz CT molecular complexity index is 1320. The summed E-state index contributed by atoms with van der Waals surface area (Å²) in [4.78, 5) is 17.0. The van der Waals surface area contributed by atoms with Gasteiger partial charge in [0.1, 0.15) is 10.6 Å². The van der Waals surface area contributed by atoms with Crippen molar-refractivity contribution < 1.29 is 35.7 Å². The quantitative estimate of drug-likeness (QED) is 0.322. The van der Waals surface area contributed by atoms with E-state index in [1.807, 2.05) is 4.72 Å². The third kappa shape index (κ3) is 8.21. The molecule has 36 heavy (non-hydrogen) atoms. The molecule has 3 aromatic rings. The molecule has 2 aromatic carbocycles. The molecular formula is C23H24F3N3O5S2. The number of halogens is 3. The average molecular weight is 544 g/mol. The SMILES string of the molecule is CC(C)(C)OC(=O)NC(Cc1ccc(NS(=O)(=O)O)cc1)c1nc(-c2cccc(C(F)(F)F)c2)cs1. The van der Waals surface area contributed by atoms with Gasteiger partial charge in [0.2, 0.25) is 0 Å². The molecule has 0 radical (unpaired) electrons. The van der Waals surface area contributed by atoms with Gasteiger partial charge >= 0.3 is 22.6 Å². The molecule has 0 aliphatic heterocycles. The maximum absolute atomic E-state index is 13.1. The maximum Gasteiger partial charge on any atom is 0.416 e. The lowest BCUT2D eigenvalue weighted by Crippen LogP contribution is -2.35. The number of alkyl carbamates (subject to hydrolysis) is 1. The molecule has 1 aromatic heterocycles. The van der Waals surface area contributed by atoms with Crippen LogP contribution in [0.3, 0.4) is 0 Å². The minimum Gasteiger partial charge on any atom is -0.444 e. The van der Waals surface area contributed by atoms with E-state index in [9.17, 15) is 26.4 Å². The number of alkyl halides is 3. The number of aromatic nitrogens is 1. The number of ether oxygens (including phenoxy) is 1. The first kappa shape index (κ1) is 27.4. The molecule has 0 saturated heterocycles. The van der Waals surface area contributed by atoms with E-state index in [0.717, 1.165) is 12.1 Å². The Morgan fingerprint density at radius 2 is 1.81 bits per heavy atom. The first-order valence-electron chi connectivity index (χ1n) is 10.6. The smallest absolute Gasteiger partial charge is 0.416 e. The second-order valence-electron chi connectivity index (χ2n) is 8.83. The Balaban J connectivity index is 1.88. The molecule has 194 valence electrons. The molecule has 3 N–H and O–H groups in total. The van der Waals surface area contributed by atoms with Gasteiger partial charge in [-0.05, 0) is 57.0 Å². The summed E-state index contributed by atoms with van der Waals surface area (Å²) in [6, 6.07) is 10.2. The van der Waals surface area contributed by atoms with Crippen molar-refractivity contribution in [3.05, 3.63) is 70.0 Å². The fourth-order valence-corrected chi connectivity index (χ4v) is 4.49. The predicted molar refractivity (Wildman–Crippen MR) is 130 cm³/mol. The molecule has 0 spiro atoms. The van der Waals surface area contributed by atoms with Crippen LogP contribution in [0.25, 0.3) is 11.3 Å². The molecule has 0 bridgehead atoms. The summed E-state index contributed by atoms with van der Waals surface area (Å²) in [5.41, 5.74) is -0.124. The van der Waals surface area contributed by atoms with Crippen LogP contribution in [0.5, 0.6) is 0 Å². The zero-order valence-electron chi connectivity index (χ0n) is 19.5. The number of rotatable bonds is 7. The van der Waals surface area contributed by atoms with Crippen molar-refractivity contribution in [3.63, 3.8) is 0 Å². The van der Waals surface area contributed by atoms with Gasteiger partial charge in [0.05, 0.1) is 23.0 Å². The summed E-state index contributed by atoms with van der Waals surface area (Å²) in [7, 11) is -4.43. The number of nitrogens with one attached hydrogen (secondary N) is 2. The fraction of sp³-hybridized carbons (Fsp3) is 0.304. The molecule has 3 rings (SSSR count). The molecule has 0 aliphatic rings. The van der Waals surface area contributed by atoms with Crippen LogP contribution in [0.4, 0.5) is 23.7 Å². The van der Waals surface area contributed by atoms with E-state index < -0.39 is 39.8 Å². The number of thiazole rings is 1. The lowest BCUT2D eigenvalue weighted by molar-refractivity contribution is -0.137. The van der Waals surface area contributed by atoms with Gasteiger partial charge in [-0.25, -0.2) is 9.78 Å². The molecule has 1 atom stereocenters. The van der Waals surface area contributed by atoms with Crippen molar-refractivity contribution in [2.24, 2.45) is 0 Å². The van der Waals surface area contributed by atoms with Gasteiger partial charge in [0, 0.05) is 10.9 Å². The summed E-state index contributed by atoms with van der Waals surface area (Å²) >= 11 is 1.17. The zero-order valence-corrected chi connectivity index (χ0v) is 21.1. The Kier molecular flexibility index (Phi) is 7.96. The molecular weight excluding hydrogens is 519 g/mol. The van der Waals surface area contributed by atoms with Crippen LogP contribution in [-0.2, 0) is 27.6 Å². The molecule has 0 fully saturated rings. The topological polar surface area (TPSA) is 118 Å². The van der Waals surface area contributed by atoms with Crippen LogP contribution >= 0.6 is 11.3 Å². The average Bonchev–Trinajstić information content (AvgIpc) is 3.22. The van der Waals surface area contributed by atoms with E-state index in [0.29, 0.717) is 16.3 Å². The zero-order chi connectivity index (χ0) is 26.7. The van der Waals surface area contributed by atoms with Crippen LogP contribution in [-0.4, -0.2) is 29.6 Å². The third-order valence-corrected chi connectivity index (χ3v) is 6.09. The number of amides is 1. The summed E-state index contributed by atoms with van der Waals surface area (Å²) in [6.45, 7) is 5.12.